The second-order valence-electron chi connectivity index (χ2n) is 4.43. The summed E-state index contributed by atoms with van der Waals surface area (Å²) in [6.07, 6.45) is 8.49. The van der Waals surface area contributed by atoms with Crippen molar-refractivity contribution in [3.05, 3.63) is 30.4 Å². The molecule has 0 bridgehead atoms. The van der Waals surface area contributed by atoms with Crippen LogP contribution in [0.2, 0.25) is 0 Å². The summed E-state index contributed by atoms with van der Waals surface area (Å²) in [5.74, 6) is -1.37. The smallest absolute Gasteiger partial charge is 0.326 e. The molecule has 0 aliphatic heterocycles. The van der Waals surface area contributed by atoms with Gasteiger partial charge >= 0.3 is 5.97 Å². The van der Waals surface area contributed by atoms with E-state index in [2.05, 4.69) is 15.3 Å². The Balaban J connectivity index is 0.000000677. The zero-order valence-electron chi connectivity index (χ0n) is 11.2. The molecule has 1 atom stereocenters. The van der Waals surface area contributed by atoms with E-state index < -0.39 is 12.0 Å². The average Bonchev–Trinajstić information content (AvgIpc) is 3.12. The van der Waals surface area contributed by atoms with Gasteiger partial charge in [-0.25, -0.2) is 9.78 Å². The molecule has 0 saturated heterocycles. The minimum absolute atomic E-state index is 0.131. The molecule has 1 aromatic heterocycles. The summed E-state index contributed by atoms with van der Waals surface area (Å²) in [5.41, 5.74) is 0.687. The van der Waals surface area contributed by atoms with Gasteiger partial charge in [0.25, 0.3) is 6.47 Å². The molecular formula is C13H17N3O5. The molecule has 0 spiro atoms. The number of hydrogen-bond donors (Lipinski definition) is 4. The lowest BCUT2D eigenvalue weighted by molar-refractivity contribution is -0.142. The molecule has 1 heterocycles. The SMILES string of the molecule is O=C(N[C@@H](Cc1cnc[nH]1)C(=O)O)C1CC=CC1.O=CO. The van der Waals surface area contributed by atoms with Gasteiger partial charge in [0.15, 0.2) is 0 Å². The number of aromatic nitrogens is 2. The normalized spacial score (nSPS) is 14.9. The number of carboxylic acids is 1. The number of allylic oxidation sites excluding steroid dienone is 2. The number of H-pyrrole nitrogens is 1. The van der Waals surface area contributed by atoms with Gasteiger partial charge in [-0.1, -0.05) is 12.2 Å². The molecule has 1 aromatic rings. The number of amides is 1. The highest BCUT2D eigenvalue weighted by Gasteiger charge is 2.26. The van der Waals surface area contributed by atoms with Crippen molar-refractivity contribution in [3.8, 4) is 0 Å². The van der Waals surface area contributed by atoms with Gasteiger partial charge in [-0.15, -0.1) is 0 Å². The van der Waals surface area contributed by atoms with Crippen molar-refractivity contribution < 1.29 is 24.6 Å². The number of carbonyl (C=O) groups is 3. The topological polar surface area (TPSA) is 132 Å². The molecular weight excluding hydrogens is 278 g/mol. The Morgan fingerprint density at radius 3 is 2.57 bits per heavy atom. The minimum atomic E-state index is -1.04. The van der Waals surface area contributed by atoms with E-state index in [9.17, 15) is 9.59 Å². The van der Waals surface area contributed by atoms with E-state index in [-0.39, 0.29) is 24.7 Å². The fourth-order valence-corrected chi connectivity index (χ4v) is 1.94. The van der Waals surface area contributed by atoms with Gasteiger partial charge in [0.2, 0.25) is 5.91 Å². The Morgan fingerprint density at radius 1 is 1.48 bits per heavy atom. The quantitative estimate of drug-likeness (QED) is 0.453. The van der Waals surface area contributed by atoms with Gasteiger partial charge in [-0.05, 0) is 12.8 Å². The van der Waals surface area contributed by atoms with E-state index >= 15 is 0 Å². The summed E-state index contributed by atoms with van der Waals surface area (Å²) in [7, 11) is 0. The summed E-state index contributed by atoms with van der Waals surface area (Å²) < 4.78 is 0. The lowest BCUT2D eigenvalue weighted by Crippen LogP contribution is -2.44. The van der Waals surface area contributed by atoms with Gasteiger partial charge in [-0.3, -0.25) is 9.59 Å². The number of aliphatic carboxylic acids is 1. The first-order chi connectivity index (χ1) is 10.1. The maximum Gasteiger partial charge on any atom is 0.326 e. The first-order valence-corrected chi connectivity index (χ1v) is 6.31. The van der Waals surface area contributed by atoms with Crippen LogP contribution in [0.15, 0.2) is 24.7 Å². The maximum atomic E-state index is 11.8. The van der Waals surface area contributed by atoms with Crippen LogP contribution in [0.1, 0.15) is 18.5 Å². The largest absolute Gasteiger partial charge is 0.483 e. The third-order valence-corrected chi connectivity index (χ3v) is 2.97. The van der Waals surface area contributed by atoms with E-state index in [0.29, 0.717) is 18.5 Å². The molecule has 0 unspecified atom stereocenters. The second kappa shape index (κ2) is 8.51. The zero-order valence-corrected chi connectivity index (χ0v) is 11.2. The number of nitrogens with one attached hydrogen (secondary N) is 2. The van der Waals surface area contributed by atoms with Crippen LogP contribution >= 0.6 is 0 Å². The predicted molar refractivity (Wildman–Crippen MR) is 72.4 cm³/mol. The number of carbonyl (C=O) groups excluding carboxylic acids is 1. The highest BCUT2D eigenvalue weighted by molar-refractivity contribution is 5.85. The first kappa shape index (κ1) is 16.4. The van der Waals surface area contributed by atoms with Crippen molar-refractivity contribution in [3.63, 3.8) is 0 Å². The van der Waals surface area contributed by atoms with Gasteiger partial charge in [-0.2, -0.15) is 0 Å². The van der Waals surface area contributed by atoms with E-state index in [1.54, 1.807) is 6.20 Å². The van der Waals surface area contributed by atoms with Crippen molar-refractivity contribution in [1.29, 1.82) is 0 Å². The van der Waals surface area contributed by atoms with Crippen LogP contribution in [0.25, 0.3) is 0 Å². The molecule has 1 amide bonds. The lowest BCUT2D eigenvalue weighted by atomic mass is 10.1. The molecule has 8 nitrogen and oxygen atoms in total. The predicted octanol–water partition coefficient (Wildman–Crippen LogP) is 0.189. The number of nitrogens with zero attached hydrogens (tertiary/aromatic N) is 1. The van der Waals surface area contributed by atoms with E-state index in [4.69, 9.17) is 15.0 Å². The molecule has 0 saturated carbocycles. The van der Waals surface area contributed by atoms with Crippen LogP contribution in [-0.4, -0.2) is 44.6 Å². The Morgan fingerprint density at radius 2 is 2.10 bits per heavy atom. The number of carboxylic acid groups (broad SMARTS) is 2. The van der Waals surface area contributed by atoms with Crippen LogP contribution in [0, 0.1) is 5.92 Å². The molecule has 1 aliphatic rings. The third-order valence-electron chi connectivity index (χ3n) is 2.97. The van der Waals surface area contributed by atoms with Crippen molar-refractivity contribution in [2.75, 3.05) is 0 Å². The molecule has 21 heavy (non-hydrogen) atoms. The summed E-state index contributed by atoms with van der Waals surface area (Å²) in [5, 5.41) is 18.6. The van der Waals surface area contributed by atoms with Crippen LogP contribution in [0.3, 0.4) is 0 Å². The van der Waals surface area contributed by atoms with Crippen LogP contribution in [0.4, 0.5) is 0 Å². The molecule has 0 radical (unpaired) electrons. The standard InChI is InChI=1S/C12H15N3O3.CH2O2/c16-11(8-3-1-2-4-8)15-10(12(17)18)5-9-6-13-7-14-9;2-1-3/h1-2,6-8,10H,3-5H2,(H,13,14)(H,15,16)(H,17,18);1H,(H,2,3)/t10-;/m0./s1. The van der Waals surface area contributed by atoms with Crippen molar-refractivity contribution in [1.82, 2.24) is 15.3 Å². The van der Waals surface area contributed by atoms with E-state index in [0.717, 1.165) is 0 Å². The van der Waals surface area contributed by atoms with Crippen LogP contribution in [0.5, 0.6) is 0 Å². The molecule has 0 fully saturated rings. The summed E-state index contributed by atoms with van der Waals surface area (Å²) in [6, 6.07) is -0.918. The first-order valence-electron chi connectivity index (χ1n) is 6.31. The highest BCUT2D eigenvalue weighted by Crippen LogP contribution is 2.17. The second-order valence-corrected chi connectivity index (χ2v) is 4.43. The molecule has 114 valence electrons. The Labute approximate surface area is 120 Å². The fourth-order valence-electron chi connectivity index (χ4n) is 1.94. The monoisotopic (exact) mass is 295 g/mol. The van der Waals surface area contributed by atoms with Gasteiger partial charge in [0.1, 0.15) is 6.04 Å². The number of rotatable bonds is 5. The van der Waals surface area contributed by atoms with E-state index in [1.165, 1.54) is 6.33 Å². The van der Waals surface area contributed by atoms with Gasteiger partial charge < -0.3 is 20.5 Å². The Bertz CT molecular complexity index is 490. The van der Waals surface area contributed by atoms with Gasteiger partial charge in [0.05, 0.1) is 6.33 Å². The van der Waals surface area contributed by atoms with Crippen molar-refractivity contribution in [2.45, 2.75) is 25.3 Å². The summed E-state index contributed by atoms with van der Waals surface area (Å²) in [4.78, 5) is 38.0. The Hall–Kier alpha value is -2.64. The fraction of sp³-hybridized carbons (Fsp3) is 0.385. The molecule has 8 heteroatoms. The average molecular weight is 295 g/mol. The summed E-state index contributed by atoms with van der Waals surface area (Å²) >= 11 is 0. The summed E-state index contributed by atoms with van der Waals surface area (Å²) in [6.45, 7) is -0.250. The van der Waals surface area contributed by atoms with Gasteiger partial charge in [0, 0.05) is 24.2 Å². The number of aromatic amines is 1. The molecule has 4 N–H and O–H groups in total. The zero-order chi connectivity index (χ0) is 15.7. The maximum absolute atomic E-state index is 11.8. The van der Waals surface area contributed by atoms with Crippen molar-refractivity contribution in [2.24, 2.45) is 5.92 Å². The number of imidazole rings is 1. The minimum Gasteiger partial charge on any atom is -0.483 e. The Kier molecular flexibility index (Phi) is 6.66. The number of hydrogen-bond acceptors (Lipinski definition) is 4. The highest BCUT2D eigenvalue weighted by atomic mass is 16.4. The van der Waals surface area contributed by atoms with Crippen LogP contribution < -0.4 is 5.32 Å². The third kappa shape index (κ3) is 5.47. The molecule has 1 aliphatic carbocycles. The molecule has 0 aromatic carbocycles. The lowest BCUT2D eigenvalue weighted by Gasteiger charge is -2.16. The molecule has 2 rings (SSSR count). The van der Waals surface area contributed by atoms with Crippen molar-refractivity contribution >= 4 is 18.3 Å². The van der Waals surface area contributed by atoms with E-state index in [1.807, 2.05) is 12.2 Å². The van der Waals surface area contributed by atoms with Crippen LogP contribution in [-0.2, 0) is 20.8 Å².